The van der Waals surface area contributed by atoms with Crippen LogP contribution >= 0.6 is 0 Å². The fourth-order valence-corrected chi connectivity index (χ4v) is 3.00. The molecule has 3 unspecified atom stereocenters. The van der Waals surface area contributed by atoms with Gasteiger partial charge in [0.2, 0.25) is 5.91 Å². The largest absolute Gasteiger partial charge is 0.391 e. The number of hydrogen-bond acceptors (Lipinski definition) is 3. The molecule has 1 aliphatic heterocycles. The Morgan fingerprint density at radius 3 is 2.89 bits per heavy atom. The first-order chi connectivity index (χ1) is 8.56. The Hall–Kier alpha value is -0.870. The van der Waals surface area contributed by atoms with E-state index in [4.69, 9.17) is 0 Å². The first-order valence-electron chi connectivity index (χ1n) is 6.85. The average molecular weight is 252 g/mol. The van der Waals surface area contributed by atoms with Crippen molar-refractivity contribution in [2.75, 3.05) is 27.2 Å². The summed E-state index contributed by atoms with van der Waals surface area (Å²) in [6.07, 6.45) is 7.48. The average Bonchev–Trinajstić information content (AvgIpc) is 2.87. The fourth-order valence-electron chi connectivity index (χ4n) is 3.00. The zero-order chi connectivity index (χ0) is 13.1. The summed E-state index contributed by atoms with van der Waals surface area (Å²) >= 11 is 0. The van der Waals surface area contributed by atoms with E-state index in [-0.39, 0.29) is 18.1 Å². The van der Waals surface area contributed by atoms with E-state index >= 15 is 0 Å². The standard InChI is InChI=1S/C14H24N2O2/c1-15(2)9-12-8-13(17)10-16(12)14(18)7-11-5-3-4-6-11/h3,5,11-13,17H,4,6-10H2,1-2H3. The van der Waals surface area contributed by atoms with Gasteiger partial charge in [-0.15, -0.1) is 0 Å². The number of nitrogens with zero attached hydrogens (tertiary/aromatic N) is 2. The monoisotopic (exact) mass is 252 g/mol. The Bertz CT molecular complexity index is 328. The Morgan fingerprint density at radius 2 is 2.28 bits per heavy atom. The van der Waals surface area contributed by atoms with Crippen LogP contribution in [0, 0.1) is 5.92 Å². The molecular formula is C14H24N2O2. The minimum Gasteiger partial charge on any atom is -0.391 e. The molecule has 2 rings (SSSR count). The van der Waals surface area contributed by atoms with Gasteiger partial charge in [0.05, 0.1) is 6.10 Å². The van der Waals surface area contributed by atoms with Crippen LogP contribution in [0.3, 0.4) is 0 Å². The molecule has 0 aromatic carbocycles. The van der Waals surface area contributed by atoms with Gasteiger partial charge in [-0.05, 0) is 39.3 Å². The van der Waals surface area contributed by atoms with Gasteiger partial charge in [0, 0.05) is 25.6 Å². The lowest BCUT2D eigenvalue weighted by Gasteiger charge is -2.27. The molecule has 1 heterocycles. The molecule has 0 aromatic heterocycles. The third kappa shape index (κ3) is 3.33. The number of likely N-dealkylation sites (N-methyl/N-ethyl adjacent to an activating group) is 1. The van der Waals surface area contributed by atoms with Crippen molar-refractivity contribution in [3.8, 4) is 0 Å². The van der Waals surface area contributed by atoms with Crippen molar-refractivity contribution in [1.29, 1.82) is 0 Å². The molecule has 102 valence electrons. The van der Waals surface area contributed by atoms with Gasteiger partial charge in [-0.25, -0.2) is 0 Å². The highest BCUT2D eigenvalue weighted by molar-refractivity contribution is 5.77. The zero-order valence-electron chi connectivity index (χ0n) is 11.4. The van der Waals surface area contributed by atoms with Gasteiger partial charge in [-0.1, -0.05) is 12.2 Å². The molecule has 18 heavy (non-hydrogen) atoms. The van der Waals surface area contributed by atoms with Gasteiger partial charge in [0.15, 0.2) is 0 Å². The van der Waals surface area contributed by atoms with Crippen molar-refractivity contribution in [2.45, 2.75) is 37.8 Å². The van der Waals surface area contributed by atoms with E-state index in [1.54, 1.807) is 0 Å². The van der Waals surface area contributed by atoms with Crippen LogP contribution in [0.5, 0.6) is 0 Å². The molecule has 4 heteroatoms. The van der Waals surface area contributed by atoms with E-state index in [9.17, 15) is 9.90 Å². The molecule has 0 radical (unpaired) electrons. The summed E-state index contributed by atoms with van der Waals surface area (Å²) < 4.78 is 0. The minimum absolute atomic E-state index is 0.174. The lowest BCUT2D eigenvalue weighted by Crippen LogP contribution is -2.41. The van der Waals surface area contributed by atoms with Crippen LogP contribution in [0.1, 0.15) is 25.7 Å². The number of allylic oxidation sites excluding steroid dienone is 2. The maximum Gasteiger partial charge on any atom is 0.223 e. The van der Waals surface area contributed by atoms with Gasteiger partial charge < -0.3 is 14.9 Å². The SMILES string of the molecule is CN(C)CC1CC(O)CN1C(=O)CC1C=CCC1. The second-order valence-corrected chi connectivity index (χ2v) is 5.82. The van der Waals surface area contributed by atoms with E-state index in [1.807, 2.05) is 19.0 Å². The number of rotatable bonds is 4. The maximum absolute atomic E-state index is 12.3. The number of hydrogen-bond donors (Lipinski definition) is 1. The van der Waals surface area contributed by atoms with Gasteiger partial charge in [-0.3, -0.25) is 4.79 Å². The van der Waals surface area contributed by atoms with E-state index in [0.29, 0.717) is 25.3 Å². The fraction of sp³-hybridized carbons (Fsp3) is 0.786. The molecule has 0 aromatic rings. The molecule has 1 saturated heterocycles. The Kier molecular flexibility index (Phi) is 4.40. The Labute approximate surface area is 109 Å². The predicted octanol–water partition coefficient (Wildman–Crippen LogP) is 0.866. The van der Waals surface area contributed by atoms with Gasteiger partial charge in [0.25, 0.3) is 0 Å². The maximum atomic E-state index is 12.3. The minimum atomic E-state index is -0.349. The zero-order valence-corrected chi connectivity index (χ0v) is 11.4. The summed E-state index contributed by atoms with van der Waals surface area (Å²) in [4.78, 5) is 16.3. The summed E-state index contributed by atoms with van der Waals surface area (Å²) in [5, 5.41) is 9.77. The normalized spacial score (nSPS) is 31.6. The summed E-state index contributed by atoms with van der Waals surface area (Å²) in [6, 6.07) is 0.174. The Morgan fingerprint density at radius 1 is 1.50 bits per heavy atom. The van der Waals surface area contributed by atoms with Gasteiger partial charge >= 0.3 is 0 Å². The molecule has 1 fully saturated rings. The highest BCUT2D eigenvalue weighted by Gasteiger charge is 2.34. The van der Waals surface area contributed by atoms with Crippen LogP contribution in [0.15, 0.2) is 12.2 Å². The smallest absolute Gasteiger partial charge is 0.223 e. The summed E-state index contributed by atoms with van der Waals surface area (Å²) in [5.41, 5.74) is 0. The molecule has 1 aliphatic carbocycles. The van der Waals surface area contributed by atoms with Crippen LogP contribution < -0.4 is 0 Å². The number of aliphatic hydroxyl groups is 1. The van der Waals surface area contributed by atoms with Crippen molar-refractivity contribution in [2.24, 2.45) is 5.92 Å². The third-order valence-corrected chi connectivity index (χ3v) is 3.84. The van der Waals surface area contributed by atoms with Crippen molar-refractivity contribution in [1.82, 2.24) is 9.80 Å². The first-order valence-corrected chi connectivity index (χ1v) is 6.85. The highest BCUT2D eigenvalue weighted by atomic mass is 16.3. The lowest BCUT2D eigenvalue weighted by molar-refractivity contribution is -0.133. The molecule has 1 N–H and O–H groups in total. The molecule has 3 atom stereocenters. The van der Waals surface area contributed by atoms with Crippen LogP contribution in [0.25, 0.3) is 0 Å². The van der Waals surface area contributed by atoms with Crippen molar-refractivity contribution < 1.29 is 9.90 Å². The number of carbonyl (C=O) groups is 1. The topological polar surface area (TPSA) is 43.8 Å². The molecule has 0 saturated carbocycles. The summed E-state index contributed by atoms with van der Waals surface area (Å²) in [5.74, 6) is 0.616. The van der Waals surface area contributed by atoms with Crippen LogP contribution in [-0.4, -0.2) is 60.1 Å². The summed E-state index contributed by atoms with van der Waals surface area (Å²) in [7, 11) is 4.01. The molecule has 4 nitrogen and oxygen atoms in total. The van der Waals surface area contributed by atoms with E-state index in [0.717, 1.165) is 19.4 Å². The molecule has 2 aliphatic rings. The lowest BCUT2D eigenvalue weighted by atomic mass is 10.0. The first kappa shape index (κ1) is 13.6. The number of aliphatic hydroxyl groups excluding tert-OH is 1. The van der Waals surface area contributed by atoms with Crippen LogP contribution in [0.4, 0.5) is 0 Å². The Balaban J connectivity index is 1.91. The van der Waals surface area contributed by atoms with E-state index in [2.05, 4.69) is 17.1 Å². The number of likely N-dealkylation sites (tertiary alicyclic amines) is 1. The van der Waals surface area contributed by atoms with Crippen molar-refractivity contribution in [3.05, 3.63) is 12.2 Å². The van der Waals surface area contributed by atoms with Crippen molar-refractivity contribution >= 4 is 5.91 Å². The van der Waals surface area contributed by atoms with Gasteiger partial charge in [0.1, 0.15) is 0 Å². The second kappa shape index (κ2) is 5.85. The second-order valence-electron chi connectivity index (χ2n) is 5.82. The predicted molar refractivity (Wildman–Crippen MR) is 71.2 cm³/mol. The van der Waals surface area contributed by atoms with Crippen molar-refractivity contribution in [3.63, 3.8) is 0 Å². The highest BCUT2D eigenvalue weighted by Crippen LogP contribution is 2.25. The number of amides is 1. The summed E-state index contributed by atoms with van der Waals surface area (Å²) in [6.45, 7) is 1.34. The van der Waals surface area contributed by atoms with E-state index < -0.39 is 0 Å². The van der Waals surface area contributed by atoms with Crippen LogP contribution in [-0.2, 0) is 4.79 Å². The molecule has 0 spiro atoms. The van der Waals surface area contributed by atoms with Gasteiger partial charge in [-0.2, -0.15) is 0 Å². The third-order valence-electron chi connectivity index (χ3n) is 3.84. The van der Waals surface area contributed by atoms with Crippen LogP contribution in [0.2, 0.25) is 0 Å². The molecule has 1 amide bonds. The number of β-amino-alcohol motifs (C(OH)–C–C–N with tert-alkyl or cyclic N) is 1. The molecular weight excluding hydrogens is 228 g/mol. The molecule has 0 bridgehead atoms. The van der Waals surface area contributed by atoms with E-state index in [1.165, 1.54) is 0 Å². The quantitative estimate of drug-likeness (QED) is 0.755. The number of carbonyl (C=O) groups excluding carboxylic acids is 1.